The van der Waals surface area contributed by atoms with Crippen molar-refractivity contribution in [1.29, 1.82) is 5.26 Å². The highest BCUT2D eigenvalue weighted by molar-refractivity contribution is 6.06. The zero-order valence-electron chi connectivity index (χ0n) is 22.1. The van der Waals surface area contributed by atoms with E-state index in [2.05, 4.69) is 86.8 Å². The number of aliphatic hydroxyl groups is 1. The molecule has 4 rings (SSSR count). The molecule has 3 aromatic rings. The van der Waals surface area contributed by atoms with Gasteiger partial charge in [0.25, 0.3) is 6.47 Å². The van der Waals surface area contributed by atoms with Crippen LogP contribution in [0.2, 0.25) is 0 Å². The summed E-state index contributed by atoms with van der Waals surface area (Å²) in [6, 6.07) is 13.3. The van der Waals surface area contributed by atoms with Crippen molar-refractivity contribution in [1.82, 2.24) is 4.57 Å². The molecule has 0 unspecified atom stereocenters. The third-order valence-electron chi connectivity index (χ3n) is 5.55. The number of nitrogens with zero attached hydrogens (tertiary/aromatic N) is 3. The first kappa shape index (κ1) is 29.5. The molecule has 0 amide bonds. The monoisotopic (exact) mass is 477 g/mol. The second kappa shape index (κ2) is 12.8. The molecule has 6 heteroatoms. The molecule has 6 nitrogen and oxygen atoms in total. The molecule has 0 aliphatic carbocycles. The number of nitriles is 1. The molecule has 188 valence electrons. The molecule has 1 aliphatic heterocycles. The van der Waals surface area contributed by atoms with E-state index in [-0.39, 0.29) is 6.47 Å². The largest absolute Gasteiger partial charge is 0.483 e. The standard InChI is InChI=1S/C22H23N3.C4H10O.C2H4.CH2O2/c1-5-18-15(3)21-22-19(20(18)16-8-6-14(2)7-9-16)12-17(13-23)25(22)11-10-24(21)4;1-4(2,3)5;1-2;2-1-3/h6-9,12H,5,10-11H2,1-4H3;5H,1-3H3;1-2H2;1H,(H,2,3). The fourth-order valence-electron chi connectivity index (χ4n) is 4.31. The van der Waals surface area contributed by atoms with Gasteiger partial charge >= 0.3 is 0 Å². The smallest absolute Gasteiger partial charge is 0.290 e. The van der Waals surface area contributed by atoms with Crippen LogP contribution in [-0.2, 0) is 17.8 Å². The van der Waals surface area contributed by atoms with Gasteiger partial charge in [0.1, 0.15) is 11.8 Å². The van der Waals surface area contributed by atoms with Gasteiger partial charge in [0, 0.05) is 25.5 Å². The highest BCUT2D eigenvalue weighted by Crippen LogP contribution is 2.44. The van der Waals surface area contributed by atoms with Gasteiger partial charge in [-0.2, -0.15) is 5.26 Å². The fraction of sp³-hybridized carbons (Fsp3) is 0.379. The Morgan fingerprint density at radius 1 is 1.14 bits per heavy atom. The first-order valence-electron chi connectivity index (χ1n) is 11.7. The Hall–Kier alpha value is -3.56. The van der Waals surface area contributed by atoms with E-state index in [1.54, 1.807) is 20.8 Å². The number of hydrogen-bond acceptors (Lipinski definition) is 4. The van der Waals surface area contributed by atoms with Crippen LogP contribution in [0.4, 0.5) is 5.69 Å². The van der Waals surface area contributed by atoms with Crippen molar-refractivity contribution in [3.8, 4) is 17.2 Å². The van der Waals surface area contributed by atoms with Gasteiger partial charge in [-0.05, 0) is 69.4 Å². The third-order valence-corrected chi connectivity index (χ3v) is 5.55. The Kier molecular flexibility index (Phi) is 10.8. The Bertz CT molecular complexity index is 1170. The summed E-state index contributed by atoms with van der Waals surface area (Å²) in [6.07, 6.45) is 0.985. The molecule has 1 aromatic heterocycles. The first-order valence-corrected chi connectivity index (χ1v) is 11.7. The normalized spacial score (nSPS) is 11.7. The lowest BCUT2D eigenvalue weighted by Gasteiger charge is -2.31. The average Bonchev–Trinajstić information content (AvgIpc) is 3.17. The minimum Gasteiger partial charge on any atom is -0.483 e. The Balaban J connectivity index is 0.000000530. The molecule has 35 heavy (non-hydrogen) atoms. The fourth-order valence-corrected chi connectivity index (χ4v) is 4.31. The molecule has 2 N–H and O–H groups in total. The molecule has 0 saturated heterocycles. The van der Waals surface area contributed by atoms with Crippen molar-refractivity contribution >= 4 is 23.1 Å². The summed E-state index contributed by atoms with van der Waals surface area (Å²) in [5.74, 6) is 0. The van der Waals surface area contributed by atoms with Gasteiger partial charge in [0.2, 0.25) is 0 Å². The summed E-state index contributed by atoms with van der Waals surface area (Å²) in [5, 5.41) is 26.3. The molecule has 0 fully saturated rings. The second-order valence-electron chi connectivity index (χ2n) is 9.30. The number of benzene rings is 2. The predicted molar refractivity (Wildman–Crippen MR) is 146 cm³/mol. The lowest BCUT2D eigenvalue weighted by molar-refractivity contribution is -0.122. The summed E-state index contributed by atoms with van der Waals surface area (Å²) in [6.45, 7) is 19.4. The number of hydrogen-bond donors (Lipinski definition) is 2. The third kappa shape index (κ3) is 6.97. The predicted octanol–water partition coefficient (Wildman–Crippen LogP) is 6.09. The molecule has 2 heterocycles. The van der Waals surface area contributed by atoms with Gasteiger partial charge in [-0.3, -0.25) is 4.79 Å². The van der Waals surface area contributed by atoms with Crippen LogP contribution in [-0.4, -0.2) is 40.4 Å². The van der Waals surface area contributed by atoms with Crippen LogP contribution in [0.3, 0.4) is 0 Å². The molecular weight excluding hydrogens is 438 g/mol. The summed E-state index contributed by atoms with van der Waals surface area (Å²) in [5.41, 5.74) is 9.31. The van der Waals surface area contributed by atoms with Crippen molar-refractivity contribution in [2.45, 2.75) is 60.1 Å². The quantitative estimate of drug-likeness (QED) is 0.344. The van der Waals surface area contributed by atoms with Gasteiger partial charge in [-0.25, -0.2) is 0 Å². The zero-order valence-corrected chi connectivity index (χ0v) is 22.1. The highest BCUT2D eigenvalue weighted by Gasteiger charge is 2.26. The minimum atomic E-state index is -0.500. The average molecular weight is 478 g/mol. The lowest BCUT2D eigenvalue weighted by Crippen LogP contribution is -2.29. The van der Waals surface area contributed by atoms with Crippen LogP contribution in [0, 0.1) is 25.2 Å². The van der Waals surface area contributed by atoms with Crippen LogP contribution < -0.4 is 4.90 Å². The van der Waals surface area contributed by atoms with Crippen molar-refractivity contribution in [2.24, 2.45) is 0 Å². The van der Waals surface area contributed by atoms with Crippen molar-refractivity contribution in [3.63, 3.8) is 0 Å². The van der Waals surface area contributed by atoms with Crippen molar-refractivity contribution in [3.05, 3.63) is 65.9 Å². The van der Waals surface area contributed by atoms with E-state index in [9.17, 15) is 5.26 Å². The Labute approximate surface area is 209 Å². The van der Waals surface area contributed by atoms with Crippen LogP contribution in [0.1, 0.15) is 50.1 Å². The summed E-state index contributed by atoms with van der Waals surface area (Å²) in [4.78, 5) is 10.7. The molecule has 1 aliphatic rings. The van der Waals surface area contributed by atoms with E-state index in [0.717, 1.165) is 25.2 Å². The van der Waals surface area contributed by atoms with E-state index in [1.807, 2.05) is 0 Å². The van der Waals surface area contributed by atoms with Gasteiger partial charge in [0.05, 0.1) is 16.8 Å². The maximum atomic E-state index is 9.64. The van der Waals surface area contributed by atoms with E-state index in [0.29, 0.717) is 0 Å². The van der Waals surface area contributed by atoms with Crippen LogP contribution >= 0.6 is 0 Å². The number of aromatic nitrogens is 1. The SMILES string of the molecule is C=C.CC(C)(C)O.CCc1c(C)c2c3c(cc(C#N)n3CCN2C)c1-c1ccc(C)cc1.O=CO. The van der Waals surface area contributed by atoms with Crippen molar-refractivity contribution in [2.75, 3.05) is 18.5 Å². The number of carboxylic acid groups (broad SMARTS) is 1. The van der Waals surface area contributed by atoms with Crippen LogP contribution in [0.25, 0.3) is 22.0 Å². The number of carbonyl (C=O) groups is 1. The van der Waals surface area contributed by atoms with E-state index in [1.165, 1.54) is 44.4 Å². The number of likely N-dealkylation sites (N-methyl/N-ethyl adjacent to an activating group) is 1. The lowest BCUT2D eigenvalue weighted by atomic mass is 9.89. The zero-order chi connectivity index (χ0) is 26.9. The topological polar surface area (TPSA) is 89.5 Å². The molecule has 2 aromatic carbocycles. The summed E-state index contributed by atoms with van der Waals surface area (Å²) < 4.78 is 2.20. The summed E-state index contributed by atoms with van der Waals surface area (Å²) in [7, 11) is 2.16. The Morgan fingerprint density at radius 3 is 2.11 bits per heavy atom. The van der Waals surface area contributed by atoms with Crippen LogP contribution in [0.5, 0.6) is 0 Å². The minimum absolute atomic E-state index is 0.250. The molecule has 0 saturated carbocycles. The number of anilines is 1. The van der Waals surface area contributed by atoms with Gasteiger partial charge < -0.3 is 19.7 Å². The number of rotatable bonds is 2. The maximum absolute atomic E-state index is 9.64. The van der Waals surface area contributed by atoms with E-state index >= 15 is 0 Å². The molecule has 0 atom stereocenters. The first-order chi connectivity index (χ1) is 16.5. The van der Waals surface area contributed by atoms with E-state index in [4.69, 9.17) is 15.0 Å². The molecule has 0 bridgehead atoms. The molecule has 0 radical (unpaired) electrons. The second-order valence-corrected chi connectivity index (χ2v) is 9.30. The molecular formula is C29H39N3O3. The van der Waals surface area contributed by atoms with Gasteiger partial charge in [-0.15, -0.1) is 13.2 Å². The van der Waals surface area contributed by atoms with Crippen molar-refractivity contribution < 1.29 is 15.0 Å². The maximum Gasteiger partial charge on any atom is 0.290 e. The van der Waals surface area contributed by atoms with Gasteiger partial charge in [-0.1, -0.05) is 36.8 Å². The van der Waals surface area contributed by atoms with Gasteiger partial charge in [0.15, 0.2) is 0 Å². The van der Waals surface area contributed by atoms with Crippen LogP contribution in [0.15, 0.2) is 43.5 Å². The summed E-state index contributed by atoms with van der Waals surface area (Å²) >= 11 is 0. The number of aryl methyl sites for hydroxylation is 1. The highest BCUT2D eigenvalue weighted by atomic mass is 16.3. The molecule has 0 spiro atoms. The van der Waals surface area contributed by atoms with E-state index < -0.39 is 5.60 Å². The Morgan fingerprint density at radius 2 is 1.66 bits per heavy atom.